The lowest BCUT2D eigenvalue weighted by atomic mass is 10.2. The highest BCUT2D eigenvalue weighted by Gasteiger charge is 2.17. The van der Waals surface area contributed by atoms with Crippen LogP contribution in [0.4, 0.5) is 0 Å². The molecule has 4 nitrogen and oxygen atoms in total. The Labute approximate surface area is 121 Å². The zero-order valence-electron chi connectivity index (χ0n) is 11.9. The normalized spacial score (nSPS) is 11.2. The van der Waals surface area contributed by atoms with Gasteiger partial charge in [0.1, 0.15) is 0 Å². The second-order valence-electron chi connectivity index (χ2n) is 4.43. The van der Waals surface area contributed by atoms with Crippen molar-refractivity contribution < 1.29 is 13.5 Å². The summed E-state index contributed by atoms with van der Waals surface area (Å²) in [6, 6.07) is 6.41. The third kappa shape index (κ3) is 4.97. The lowest BCUT2D eigenvalue weighted by Gasteiger charge is -2.14. The maximum absolute atomic E-state index is 12.2. The lowest BCUT2D eigenvalue weighted by Crippen LogP contribution is -2.33. The van der Waals surface area contributed by atoms with Crippen LogP contribution >= 0.6 is 0 Å². The van der Waals surface area contributed by atoms with E-state index in [1.807, 2.05) is 13.8 Å². The number of rotatable bonds is 6. The molecule has 0 amide bonds. The van der Waals surface area contributed by atoms with Crippen LogP contribution in [0.1, 0.15) is 38.7 Å². The molecule has 0 unspecified atom stereocenters. The molecule has 1 rings (SSSR count). The van der Waals surface area contributed by atoms with Gasteiger partial charge in [-0.15, -0.1) is 0 Å². The molecule has 2 N–H and O–H groups in total. The number of benzene rings is 1. The van der Waals surface area contributed by atoms with Crippen molar-refractivity contribution in [2.24, 2.45) is 0 Å². The topological polar surface area (TPSA) is 66.4 Å². The molecule has 0 saturated heterocycles. The van der Waals surface area contributed by atoms with E-state index in [0.717, 1.165) is 18.4 Å². The van der Waals surface area contributed by atoms with E-state index in [9.17, 15) is 8.42 Å². The van der Waals surface area contributed by atoms with Gasteiger partial charge in [-0.2, -0.15) is 0 Å². The van der Waals surface area contributed by atoms with Crippen LogP contribution in [-0.2, 0) is 10.0 Å². The largest absolute Gasteiger partial charge is 0.395 e. The Hall–Kier alpha value is -1.35. The average molecular weight is 295 g/mol. The van der Waals surface area contributed by atoms with Crippen LogP contribution in [0.5, 0.6) is 0 Å². The molecule has 110 valence electrons. The lowest BCUT2D eigenvalue weighted by molar-refractivity contribution is 0.305. The molecule has 0 bridgehead atoms. The Bertz CT molecular complexity index is 563. The maximum atomic E-state index is 12.2. The quantitative estimate of drug-likeness (QED) is 0.788. The average Bonchev–Trinajstić information content (AvgIpc) is 2.45. The third-order valence-electron chi connectivity index (χ3n) is 2.94. The molecule has 0 aliphatic carbocycles. The highest BCUT2D eigenvalue weighted by molar-refractivity contribution is 7.89. The monoisotopic (exact) mass is 295 g/mol. The number of hydrogen-bond acceptors (Lipinski definition) is 3. The van der Waals surface area contributed by atoms with E-state index < -0.39 is 10.0 Å². The fourth-order valence-corrected chi connectivity index (χ4v) is 3.08. The van der Waals surface area contributed by atoms with Crippen molar-refractivity contribution in [1.29, 1.82) is 0 Å². The molecule has 0 aromatic heterocycles. The molecule has 1 aromatic carbocycles. The van der Waals surface area contributed by atoms with Crippen molar-refractivity contribution in [1.82, 2.24) is 4.72 Å². The molecule has 0 aliphatic heterocycles. The first-order valence-electron chi connectivity index (χ1n) is 6.75. The standard InChI is InChI=1S/C15H21NO3S/c1-3-14(4-2)16-20(18,19)15-10-8-13(9-11-15)7-5-6-12-17/h8-11,14,16-17H,3-4,6,12H2,1-2H3. The summed E-state index contributed by atoms with van der Waals surface area (Å²) >= 11 is 0. The molecule has 0 fully saturated rings. The Balaban J connectivity index is 2.85. The number of nitrogens with one attached hydrogen (secondary N) is 1. The van der Waals surface area contributed by atoms with Gasteiger partial charge in [0.25, 0.3) is 0 Å². The molecule has 0 atom stereocenters. The van der Waals surface area contributed by atoms with E-state index in [-0.39, 0.29) is 17.5 Å². The van der Waals surface area contributed by atoms with E-state index in [2.05, 4.69) is 16.6 Å². The molecule has 1 aromatic rings. The van der Waals surface area contributed by atoms with E-state index in [1.54, 1.807) is 24.3 Å². The predicted octanol–water partition coefficient (Wildman–Crippen LogP) is 1.89. The smallest absolute Gasteiger partial charge is 0.240 e. The summed E-state index contributed by atoms with van der Waals surface area (Å²) < 4.78 is 27.0. The molecule has 0 heterocycles. The van der Waals surface area contributed by atoms with E-state index in [1.165, 1.54) is 0 Å². The van der Waals surface area contributed by atoms with E-state index >= 15 is 0 Å². The molecule has 0 spiro atoms. The van der Waals surface area contributed by atoms with Gasteiger partial charge in [0.05, 0.1) is 11.5 Å². The molecule has 0 saturated carbocycles. The molecule has 0 aliphatic rings. The van der Waals surface area contributed by atoms with Crippen LogP contribution in [0.3, 0.4) is 0 Å². The SMILES string of the molecule is CCC(CC)NS(=O)(=O)c1ccc(C#CCCO)cc1. The summed E-state index contributed by atoms with van der Waals surface area (Å²) in [6.07, 6.45) is 1.94. The fraction of sp³-hybridized carbons (Fsp3) is 0.467. The highest BCUT2D eigenvalue weighted by Crippen LogP contribution is 2.12. The van der Waals surface area contributed by atoms with Crippen LogP contribution in [0.15, 0.2) is 29.2 Å². The van der Waals surface area contributed by atoms with Crippen LogP contribution in [-0.4, -0.2) is 26.2 Å². The van der Waals surface area contributed by atoms with Crippen molar-refractivity contribution in [3.63, 3.8) is 0 Å². The summed E-state index contributed by atoms with van der Waals surface area (Å²) in [5.41, 5.74) is 0.736. The van der Waals surface area contributed by atoms with Gasteiger partial charge >= 0.3 is 0 Å². The Morgan fingerprint density at radius 2 is 1.80 bits per heavy atom. The van der Waals surface area contributed by atoms with Gasteiger partial charge in [-0.3, -0.25) is 0 Å². The Morgan fingerprint density at radius 1 is 1.20 bits per heavy atom. The molecular formula is C15H21NO3S. The summed E-state index contributed by atoms with van der Waals surface area (Å²) in [5, 5.41) is 8.64. The zero-order chi connectivity index (χ0) is 15.0. The summed E-state index contributed by atoms with van der Waals surface area (Å²) in [6.45, 7) is 3.94. The Morgan fingerprint density at radius 3 is 2.30 bits per heavy atom. The maximum Gasteiger partial charge on any atom is 0.240 e. The van der Waals surface area contributed by atoms with Crippen LogP contribution in [0.25, 0.3) is 0 Å². The molecule has 20 heavy (non-hydrogen) atoms. The predicted molar refractivity (Wildman–Crippen MR) is 79.7 cm³/mol. The van der Waals surface area contributed by atoms with Crippen molar-refractivity contribution >= 4 is 10.0 Å². The van der Waals surface area contributed by atoms with Crippen molar-refractivity contribution in [3.8, 4) is 11.8 Å². The van der Waals surface area contributed by atoms with Crippen LogP contribution < -0.4 is 4.72 Å². The number of sulfonamides is 1. The van der Waals surface area contributed by atoms with Crippen molar-refractivity contribution in [2.45, 2.75) is 44.0 Å². The minimum atomic E-state index is -3.46. The van der Waals surface area contributed by atoms with Gasteiger partial charge in [-0.1, -0.05) is 25.7 Å². The van der Waals surface area contributed by atoms with Crippen molar-refractivity contribution in [2.75, 3.05) is 6.61 Å². The summed E-state index contributed by atoms with van der Waals surface area (Å²) in [7, 11) is -3.46. The van der Waals surface area contributed by atoms with Gasteiger partial charge in [0, 0.05) is 18.0 Å². The first kappa shape index (κ1) is 16.7. The minimum absolute atomic E-state index is 0.0266. The summed E-state index contributed by atoms with van der Waals surface area (Å²) in [4.78, 5) is 0.247. The van der Waals surface area contributed by atoms with E-state index in [0.29, 0.717) is 6.42 Å². The van der Waals surface area contributed by atoms with E-state index in [4.69, 9.17) is 5.11 Å². The van der Waals surface area contributed by atoms with Crippen molar-refractivity contribution in [3.05, 3.63) is 29.8 Å². The van der Waals surface area contributed by atoms with Gasteiger partial charge in [0.15, 0.2) is 0 Å². The number of hydrogen-bond donors (Lipinski definition) is 2. The first-order chi connectivity index (χ1) is 9.53. The number of aliphatic hydroxyl groups excluding tert-OH is 1. The second kappa shape index (κ2) is 8.05. The Kier molecular flexibility index (Phi) is 6.73. The minimum Gasteiger partial charge on any atom is -0.395 e. The molecular weight excluding hydrogens is 274 g/mol. The fourth-order valence-electron chi connectivity index (χ4n) is 1.68. The molecule has 5 heteroatoms. The second-order valence-corrected chi connectivity index (χ2v) is 6.15. The zero-order valence-corrected chi connectivity index (χ0v) is 12.7. The summed E-state index contributed by atoms with van der Waals surface area (Å²) in [5.74, 6) is 5.66. The molecule has 0 radical (unpaired) electrons. The number of aliphatic hydroxyl groups is 1. The van der Waals surface area contributed by atoms with Gasteiger partial charge in [0.2, 0.25) is 10.0 Å². The van der Waals surface area contributed by atoms with Crippen LogP contribution in [0, 0.1) is 11.8 Å². The van der Waals surface area contributed by atoms with Gasteiger partial charge in [-0.05, 0) is 37.1 Å². The third-order valence-corrected chi connectivity index (χ3v) is 4.48. The highest BCUT2D eigenvalue weighted by atomic mass is 32.2. The first-order valence-corrected chi connectivity index (χ1v) is 8.24. The van der Waals surface area contributed by atoms with Gasteiger partial charge < -0.3 is 5.11 Å². The van der Waals surface area contributed by atoms with Crippen LogP contribution in [0.2, 0.25) is 0 Å². The van der Waals surface area contributed by atoms with Gasteiger partial charge in [-0.25, -0.2) is 13.1 Å².